The van der Waals surface area contributed by atoms with Gasteiger partial charge in [-0.3, -0.25) is 76.7 Å². The number of rotatable bonds is 36. The second-order valence-corrected chi connectivity index (χ2v) is 49.1. The molecule has 0 aliphatic rings. The Bertz CT molecular complexity index is 3120. The minimum atomic E-state index is -0.720. The Hall–Kier alpha value is -3.84. The van der Waals surface area contributed by atoms with Crippen LogP contribution in [0.5, 0.6) is 0 Å². The highest BCUT2D eigenvalue weighted by molar-refractivity contribution is 9.20. The summed E-state index contributed by atoms with van der Waals surface area (Å²) in [6.07, 6.45) is 3.52. The minimum Gasteiger partial charge on any atom is -1.00 e. The van der Waals surface area contributed by atoms with E-state index < -0.39 is 60.6 Å². The number of aliphatic hydroxyl groups is 3. The van der Waals surface area contributed by atoms with Gasteiger partial charge in [-0.25, -0.2) is 0 Å². The molecule has 0 amide bonds. The maximum atomic E-state index is 12.2. The van der Waals surface area contributed by atoms with Crippen molar-refractivity contribution in [1.82, 2.24) is 9.80 Å². The number of methoxy groups -OCH3 is 9. The van der Waals surface area contributed by atoms with Gasteiger partial charge in [0.05, 0.1) is 158 Å². The molecule has 0 aliphatic carbocycles. The van der Waals surface area contributed by atoms with Gasteiger partial charge in [-0.2, -0.15) is 0 Å². The minimum absolute atomic E-state index is 0. The maximum Gasteiger partial charge on any atom is 0.322 e. The summed E-state index contributed by atoms with van der Waals surface area (Å²) in [5.41, 5.74) is -5.72. The largest absolute Gasteiger partial charge is 1.00 e. The molecule has 0 bridgehead atoms. The Morgan fingerprint density at radius 2 is 0.374 bits per heavy atom. The number of nitrogens with zero attached hydrogens (tertiary/aromatic N) is 4. The summed E-state index contributed by atoms with van der Waals surface area (Å²) in [5.74, 6) is -3.36. The second-order valence-electron chi connectivity index (χ2n) is 38.8. The molecule has 0 spiro atoms. The zero-order chi connectivity index (χ0) is 114. The number of hydrogen-bond donors (Lipinski definition) is 3. The second kappa shape index (κ2) is 106. The molecule has 0 rings (SSSR count). The summed E-state index contributed by atoms with van der Waals surface area (Å²) in [5, 5.41) is 21.0. The van der Waals surface area contributed by atoms with Crippen LogP contribution in [0.2, 0.25) is 0 Å². The third kappa shape index (κ3) is 134. The number of likely N-dealkylation sites (N-methyl/N-ethyl adjacent to an activating group) is 4. The van der Waals surface area contributed by atoms with Crippen LogP contribution in [0.15, 0.2) is 0 Å². The first-order chi connectivity index (χ1) is 61.2. The Morgan fingerprint density at radius 3 is 0.449 bits per heavy atom. The van der Waals surface area contributed by atoms with Crippen LogP contribution in [-0.4, -0.2) is 351 Å². The van der Waals surface area contributed by atoms with Gasteiger partial charge in [-0.05, 0) is 268 Å². The summed E-state index contributed by atoms with van der Waals surface area (Å²) >= 11 is 20.9. The van der Waals surface area contributed by atoms with Gasteiger partial charge in [0.25, 0.3) is 0 Å². The van der Waals surface area contributed by atoms with E-state index >= 15 is 0 Å². The van der Waals surface area contributed by atoms with Crippen LogP contribution in [0.3, 0.4) is 0 Å². The van der Waals surface area contributed by atoms with Gasteiger partial charge in [0.2, 0.25) is 9.39 Å². The van der Waals surface area contributed by atoms with E-state index in [2.05, 4.69) is 135 Å². The number of esters is 13. The summed E-state index contributed by atoms with van der Waals surface area (Å²) in [6, 6.07) is 0. The van der Waals surface area contributed by atoms with Gasteiger partial charge in [-0.1, -0.05) is 151 Å². The zero-order valence-corrected chi connectivity index (χ0v) is 108. The van der Waals surface area contributed by atoms with Gasteiger partial charge in [-0.15, -0.1) is 0 Å². The molecule has 0 saturated heterocycles. The fourth-order valence-electron chi connectivity index (χ4n) is 9.27. The van der Waals surface area contributed by atoms with Crippen molar-refractivity contribution in [1.29, 1.82) is 0 Å². The van der Waals surface area contributed by atoms with Crippen molar-refractivity contribution in [2.75, 3.05) is 208 Å². The molecular weight excluding hydrogens is 2510 g/mol. The van der Waals surface area contributed by atoms with Gasteiger partial charge in [0, 0.05) is 60.1 Å². The fraction of sp³-hybridized carbons (Fsp3) is 0.843. The van der Waals surface area contributed by atoms with Crippen LogP contribution in [0.25, 0.3) is 0 Å². The van der Waals surface area contributed by atoms with Gasteiger partial charge < -0.3 is 130 Å². The van der Waals surface area contributed by atoms with Gasteiger partial charge in [0.1, 0.15) is 48.2 Å². The lowest BCUT2D eigenvalue weighted by Gasteiger charge is -2.31. The van der Waals surface area contributed by atoms with Crippen molar-refractivity contribution in [2.24, 2.45) is 43.3 Å². The number of alkyl halides is 4. The lowest BCUT2D eigenvalue weighted by molar-refractivity contribution is -0.870. The summed E-state index contributed by atoms with van der Waals surface area (Å²) < 4.78 is 61.4. The Kier molecular flexibility index (Phi) is 150. The van der Waals surface area contributed by atoms with Crippen LogP contribution in [0.1, 0.15) is 305 Å². The van der Waals surface area contributed by atoms with E-state index in [0.29, 0.717) is 90.9 Å². The molecule has 36 nitrogen and oxygen atoms in total. The number of ether oxygens (including phenoxy) is 13. The number of carbonyl (C=O) groups is 16. The van der Waals surface area contributed by atoms with Crippen molar-refractivity contribution in [3.05, 3.63) is 0 Å². The quantitative estimate of drug-likeness (QED) is 0.0172. The third-order valence-electron chi connectivity index (χ3n) is 16.3. The SMILES string of the molecule is C.C.C.C.C.C.C.C.CC(C)(Br)C(=O)Br.CC(C)(Br)C(=O)Br.CCC(=O)Br.CCC(=O)OC.CCC(=O)OC.CCC(=O)OC.CO.CO.CO.COC(=O)C(C)(C)Br.COC(=O)C(C)(C)Br.COC(=O)C(C)(C)CC(C)(C)C(=O)OCCN(C)C.COC(=O)C(C)(C)CC(C)(C)C(=O)OCCN(C)C.COC(=O)C(C)(C)CC(C)(C)C(=O)OCC[N+](C)(C)C.COC(=O)C(C)(C)CC(C)(C)C(=O)OCC[N+](C)(C)C.[Br-].[Br-]. The van der Waals surface area contributed by atoms with Gasteiger partial charge in [0.15, 0.2) is 4.69 Å². The molecule has 0 atom stereocenters. The Balaban J connectivity index is -0.0000000489. The van der Waals surface area contributed by atoms with E-state index in [-0.39, 0.29) is 185 Å². The Labute approximate surface area is 975 Å². The van der Waals surface area contributed by atoms with Crippen molar-refractivity contribution in [2.45, 2.75) is 322 Å². The van der Waals surface area contributed by atoms with Crippen LogP contribution in [0.4, 0.5) is 0 Å². The smallest absolute Gasteiger partial charge is 0.322 e. The fourth-order valence-corrected chi connectivity index (χ4v) is 9.59. The lowest BCUT2D eigenvalue weighted by atomic mass is 9.75. The van der Waals surface area contributed by atoms with Crippen LogP contribution >= 0.6 is 112 Å². The average Bonchev–Trinajstić information content (AvgIpc) is 0.677. The zero-order valence-electron chi connectivity index (χ0n) is 93.7. The number of quaternary nitrogens is 2. The van der Waals surface area contributed by atoms with E-state index in [1.165, 1.54) is 64.0 Å². The molecule has 0 radical (unpaired) electrons. The predicted octanol–water partition coefficient (Wildman–Crippen LogP) is 14.9. The molecule has 0 fully saturated rings. The summed E-state index contributed by atoms with van der Waals surface area (Å²) in [6.45, 7) is 54.0. The Morgan fingerprint density at radius 1 is 0.245 bits per heavy atom. The topological polar surface area (TPSA) is 460 Å². The lowest BCUT2D eigenvalue weighted by Crippen LogP contribution is -3.00. The highest BCUT2D eigenvalue weighted by Crippen LogP contribution is 2.39. The molecule has 0 saturated carbocycles. The van der Waals surface area contributed by atoms with E-state index in [1.807, 2.05) is 80.3 Å². The monoisotopic (exact) mass is 2720 g/mol. The first-order valence-corrected chi connectivity index (χ1v) is 48.8. The first-order valence-electron chi connectivity index (χ1n) is 43.2. The summed E-state index contributed by atoms with van der Waals surface area (Å²) in [7, 11) is 35.2. The highest BCUT2D eigenvalue weighted by Gasteiger charge is 2.45. The number of halogens is 9. The molecule has 3 N–H and O–H groups in total. The molecule has 900 valence electrons. The molecule has 0 aromatic rings. The van der Waals surface area contributed by atoms with Crippen LogP contribution in [0, 0.1) is 43.3 Å². The third-order valence-corrected chi connectivity index (χ3v) is 21.3. The summed E-state index contributed by atoms with van der Waals surface area (Å²) in [4.78, 5) is 180. The first kappa shape index (κ1) is 207. The van der Waals surface area contributed by atoms with E-state index in [9.17, 15) is 76.7 Å². The number of aliphatic hydroxyl groups excluding tert-OH is 3. The van der Waals surface area contributed by atoms with Crippen LogP contribution in [-0.2, 0) is 138 Å². The molecule has 0 aromatic heterocycles. The standard InChI is InChI=1S/2C15H30NO4.2C14H27NO4.2C5H9BrO2.2C4H6Br2O.3C4H8O2.C3H5BrO.3CH4O.8CH4.2BrH/c2*1-14(2,12(17)19-8)11-15(3,4)13(18)20-10-9-16(5,6)7;2*1-13(2,11(16)18-7)10-14(3,4)12(17)19-9-8-15(5)6;2*1-5(2,6)4(7)8-3;2*1-4(2,6)3(5)7;3*1-3-4(5)6-2;1-2-3(4)5;3*1-2;;;;;;;;;;/h2*9-11H2,1-8H3;2*8-10H2,1-7H3;2*1-3H3;2*1-2H3;3*3H2,1-2H3;2H2,1H3;3*2H,1H3;8*1H4;2*1H/q2*+1;;;;;;;;;;;;;;;;;;;;;;;/p-2. The molecule has 0 aliphatic heterocycles. The molecular formula is C102H217Br9N4O32. The molecule has 0 aromatic carbocycles. The van der Waals surface area contributed by atoms with Crippen molar-refractivity contribution in [3.8, 4) is 0 Å². The van der Waals surface area contributed by atoms with Crippen molar-refractivity contribution in [3.63, 3.8) is 0 Å². The molecule has 0 unspecified atom stereocenters. The number of carbonyl (C=O) groups excluding carboxylic acids is 16. The van der Waals surface area contributed by atoms with E-state index in [0.717, 1.165) is 43.4 Å². The van der Waals surface area contributed by atoms with Gasteiger partial charge >= 0.3 is 77.6 Å². The highest BCUT2D eigenvalue weighted by atomic mass is 79.9. The maximum absolute atomic E-state index is 12.2. The molecule has 147 heavy (non-hydrogen) atoms. The van der Waals surface area contributed by atoms with E-state index in [1.54, 1.807) is 194 Å². The van der Waals surface area contributed by atoms with Crippen LogP contribution < -0.4 is 34.0 Å². The van der Waals surface area contributed by atoms with Crippen molar-refractivity contribution < 1.29 is 197 Å². The normalized spacial score (nSPS) is 10.4. The molecule has 45 heteroatoms. The number of hydrogen-bond acceptors (Lipinski definition) is 34. The molecule has 0 heterocycles. The van der Waals surface area contributed by atoms with Crippen molar-refractivity contribution >= 4 is 203 Å². The average molecular weight is 2730 g/mol. The van der Waals surface area contributed by atoms with E-state index in [4.69, 9.17) is 53.2 Å². The predicted molar refractivity (Wildman–Crippen MR) is 617 cm³/mol.